The van der Waals surface area contributed by atoms with Crippen LogP contribution in [-0.4, -0.2) is 37.4 Å². The van der Waals surface area contributed by atoms with Gasteiger partial charge in [-0.25, -0.2) is 0 Å². The Kier molecular flexibility index (Phi) is 6.37. The molecule has 0 spiro atoms. The number of anilines is 1. The molecule has 0 aliphatic rings. The van der Waals surface area contributed by atoms with Crippen LogP contribution in [0.15, 0.2) is 53.0 Å². The molecule has 0 heterocycles. The van der Waals surface area contributed by atoms with E-state index in [9.17, 15) is 9.59 Å². The van der Waals surface area contributed by atoms with E-state index in [4.69, 9.17) is 4.74 Å². The normalized spacial score (nSPS) is 10.1. The summed E-state index contributed by atoms with van der Waals surface area (Å²) in [5.41, 5.74) is 1.57. The average Bonchev–Trinajstić information content (AvgIpc) is 2.56. The highest BCUT2D eigenvalue weighted by Gasteiger charge is 2.07. The van der Waals surface area contributed by atoms with Crippen molar-refractivity contribution in [1.29, 1.82) is 0 Å². The largest absolute Gasteiger partial charge is 0.484 e. The fourth-order valence-corrected chi connectivity index (χ4v) is 2.18. The van der Waals surface area contributed by atoms with E-state index in [2.05, 4.69) is 21.2 Å². The maximum absolute atomic E-state index is 11.9. The molecule has 0 saturated heterocycles. The molecule has 24 heavy (non-hydrogen) atoms. The number of carbonyl (C=O) groups excluding carboxylic acids is 2. The molecule has 2 aromatic rings. The lowest BCUT2D eigenvalue weighted by Crippen LogP contribution is -2.23. The molecule has 0 atom stereocenters. The van der Waals surface area contributed by atoms with Gasteiger partial charge >= 0.3 is 0 Å². The summed E-state index contributed by atoms with van der Waals surface area (Å²) in [6.07, 6.45) is 0.341. The second-order valence-corrected chi connectivity index (χ2v) is 6.37. The minimum Gasteiger partial charge on any atom is -0.484 e. The standard InChI is InChI=1S/C18H19BrN2O3/c1-21(2)18(23)11-13-3-7-15(8-4-13)20-17(22)12-24-16-9-5-14(19)6-10-16/h3-10H,11-12H2,1-2H3,(H,20,22). The molecule has 2 amide bonds. The van der Waals surface area contributed by atoms with Crippen molar-refractivity contribution < 1.29 is 14.3 Å². The van der Waals surface area contributed by atoms with E-state index in [1.165, 1.54) is 0 Å². The fourth-order valence-electron chi connectivity index (χ4n) is 1.92. The Morgan fingerprint density at radius 3 is 2.25 bits per heavy atom. The summed E-state index contributed by atoms with van der Waals surface area (Å²) in [7, 11) is 3.45. The molecule has 0 aliphatic heterocycles. The Balaban J connectivity index is 1.83. The highest BCUT2D eigenvalue weighted by Crippen LogP contribution is 2.16. The second-order valence-electron chi connectivity index (χ2n) is 5.45. The monoisotopic (exact) mass is 390 g/mol. The smallest absolute Gasteiger partial charge is 0.262 e. The summed E-state index contributed by atoms with van der Waals surface area (Å²) >= 11 is 3.34. The van der Waals surface area contributed by atoms with Crippen LogP contribution in [0.4, 0.5) is 5.69 Å². The van der Waals surface area contributed by atoms with Crippen LogP contribution in [-0.2, 0) is 16.0 Å². The number of hydrogen-bond acceptors (Lipinski definition) is 3. The molecule has 0 fully saturated rings. The van der Waals surface area contributed by atoms with Gasteiger partial charge in [0.1, 0.15) is 5.75 Å². The predicted octanol–water partition coefficient (Wildman–Crippen LogP) is 3.10. The average molecular weight is 391 g/mol. The van der Waals surface area contributed by atoms with Gasteiger partial charge < -0.3 is 15.0 Å². The van der Waals surface area contributed by atoms with Crippen LogP contribution >= 0.6 is 15.9 Å². The first-order valence-corrected chi connectivity index (χ1v) is 8.20. The van der Waals surface area contributed by atoms with Gasteiger partial charge in [-0.1, -0.05) is 28.1 Å². The number of hydrogen-bond donors (Lipinski definition) is 1. The summed E-state index contributed by atoms with van der Waals surface area (Å²) in [5.74, 6) is 0.426. The van der Waals surface area contributed by atoms with Crippen molar-refractivity contribution in [2.24, 2.45) is 0 Å². The van der Waals surface area contributed by atoms with Gasteiger partial charge in [0.2, 0.25) is 5.91 Å². The molecule has 2 aromatic carbocycles. The number of rotatable bonds is 6. The van der Waals surface area contributed by atoms with Gasteiger partial charge in [0, 0.05) is 24.3 Å². The van der Waals surface area contributed by atoms with E-state index >= 15 is 0 Å². The van der Waals surface area contributed by atoms with Crippen molar-refractivity contribution in [3.8, 4) is 5.75 Å². The van der Waals surface area contributed by atoms with E-state index < -0.39 is 0 Å². The number of likely N-dealkylation sites (N-methyl/N-ethyl adjacent to an activating group) is 1. The van der Waals surface area contributed by atoms with Crippen molar-refractivity contribution in [2.75, 3.05) is 26.0 Å². The summed E-state index contributed by atoms with van der Waals surface area (Å²) < 4.78 is 6.37. The van der Waals surface area contributed by atoms with Crippen LogP contribution in [0.5, 0.6) is 5.75 Å². The van der Waals surface area contributed by atoms with Crippen LogP contribution in [0, 0.1) is 0 Å². The summed E-state index contributed by atoms with van der Waals surface area (Å²) in [5, 5.41) is 2.76. The lowest BCUT2D eigenvalue weighted by molar-refractivity contribution is -0.128. The third kappa shape index (κ3) is 5.70. The van der Waals surface area contributed by atoms with Crippen molar-refractivity contribution >= 4 is 33.4 Å². The third-order valence-corrected chi connectivity index (χ3v) is 3.80. The van der Waals surface area contributed by atoms with Gasteiger partial charge in [0.05, 0.1) is 6.42 Å². The molecule has 0 saturated carbocycles. The highest BCUT2D eigenvalue weighted by atomic mass is 79.9. The maximum atomic E-state index is 11.9. The Bertz CT molecular complexity index is 697. The lowest BCUT2D eigenvalue weighted by atomic mass is 10.1. The first-order chi connectivity index (χ1) is 11.4. The summed E-state index contributed by atoms with van der Waals surface area (Å²) in [6, 6.07) is 14.5. The number of halogens is 1. The van der Waals surface area contributed by atoms with Gasteiger partial charge in [-0.2, -0.15) is 0 Å². The Morgan fingerprint density at radius 1 is 1.04 bits per heavy atom. The minimum atomic E-state index is -0.241. The molecule has 0 radical (unpaired) electrons. The van der Waals surface area contributed by atoms with E-state index in [1.54, 1.807) is 43.3 Å². The number of benzene rings is 2. The van der Waals surface area contributed by atoms with Gasteiger partial charge in [0.25, 0.3) is 5.91 Å². The van der Waals surface area contributed by atoms with E-state index in [0.717, 1.165) is 10.0 Å². The zero-order chi connectivity index (χ0) is 17.5. The Morgan fingerprint density at radius 2 is 1.67 bits per heavy atom. The topological polar surface area (TPSA) is 58.6 Å². The Labute approximate surface area is 149 Å². The number of nitrogens with zero attached hydrogens (tertiary/aromatic N) is 1. The molecular formula is C18H19BrN2O3. The first-order valence-electron chi connectivity index (χ1n) is 7.41. The van der Waals surface area contributed by atoms with Crippen molar-refractivity contribution in [3.05, 3.63) is 58.6 Å². The first kappa shape index (κ1) is 18.0. The number of amides is 2. The number of ether oxygens (including phenoxy) is 1. The molecule has 0 aliphatic carbocycles. The summed E-state index contributed by atoms with van der Waals surface area (Å²) in [6.45, 7) is -0.0670. The van der Waals surface area contributed by atoms with E-state index in [0.29, 0.717) is 17.9 Å². The number of nitrogens with one attached hydrogen (secondary N) is 1. The van der Waals surface area contributed by atoms with Gasteiger partial charge in [-0.15, -0.1) is 0 Å². The highest BCUT2D eigenvalue weighted by molar-refractivity contribution is 9.10. The summed E-state index contributed by atoms with van der Waals surface area (Å²) in [4.78, 5) is 25.1. The van der Waals surface area contributed by atoms with Crippen LogP contribution in [0.2, 0.25) is 0 Å². The molecular weight excluding hydrogens is 372 g/mol. The molecule has 0 unspecified atom stereocenters. The lowest BCUT2D eigenvalue weighted by Gasteiger charge is -2.11. The second kappa shape index (κ2) is 8.49. The van der Waals surface area contributed by atoms with Crippen LogP contribution in [0.1, 0.15) is 5.56 Å². The van der Waals surface area contributed by atoms with Crippen LogP contribution in [0.25, 0.3) is 0 Å². The van der Waals surface area contributed by atoms with Gasteiger partial charge in [-0.3, -0.25) is 9.59 Å². The zero-order valence-corrected chi connectivity index (χ0v) is 15.2. The SMILES string of the molecule is CN(C)C(=O)Cc1ccc(NC(=O)COc2ccc(Br)cc2)cc1. The van der Waals surface area contributed by atoms with E-state index in [1.807, 2.05) is 24.3 Å². The van der Waals surface area contributed by atoms with Crippen molar-refractivity contribution in [1.82, 2.24) is 4.90 Å². The quantitative estimate of drug-likeness (QED) is 0.824. The molecule has 6 heteroatoms. The molecule has 126 valence electrons. The van der Waals surface area contributed by atoms with Gasteiger partial charge in [-0.05, 0) is 42.0 Å². The molecule has 0 bridgehead atoms. The zero-order valence-electron chi connectivity index (χ0n) is 13.6. The van der Waals surface area contributed by atoms with Crippen LogP contribution in [0.3, 0.4) is 0 Å². The molecule has 1 N–H and O–H groups in total. The maximum Gasteiger partial charge on any atom is 0.262 e. The molecule has 2 rings (SSSR count). The fraction of sp³-hybridized carbons (Fsp3) is 0.222. The Hall–Kier alpha value is -2.34. The van der Waals surface area contributed by atoms with Crippen molar-refractivity contribution in [3.63, 3.8) is 0 Å². The number of carbonyl (C=O) groups is 2. The third-order valence-electron chi connectivity index (χ3n) is 3.28. The van der Waals surface area contributed by atoms with Gasteiger partial charge in [0.15, 0.2) is 6.61 Å². The molecule has 5 nitrogen and oxygen atoms in total. The minimum absolute atomic E-state index is 0.0367. The van der Waals surface area contributed by atoms with Crippen LogP contribution < -0.4 is 10.1 Å². The predicted molar refractivity (Wildman–Crippen MR) is 97.1 cm³/mol. The van der Waals surface area contributed by atoms with E-state index in [-0.39, 0.29) is 18.4 Å². The molecule has 0 aromatic heterocycles. The van der Waals surface area contributed by atoms with Crippen molar-refractivity contribution in [2.45, 2.75) is 6.42 Å².